The second-order valence-electron chi connectivity index (χ2n) is 4.15. The summed E-state index contributed by atoms with van der Waals surface area (Å²) >= 11 is 5.13. The van der Waals surface area contributed by atoms with Gasteiger partial charge in [-0.3, -0.25) is 5.43 Å². The lowest BCUT2D eigenvalue weighted by atomic mass is 10.2. The van der Waals surface area contributed by atoms with Crippen LogP contribution < -0.4 is 15.5 Å². The third-order valence-corrected chi connectivity index (χ3v) is 2.77. The molecule has 3 N–H and O–H groups in total. The lowest BCUT2D eigenvalue weighted by Gasteiger charge is -2.08. The van der Waals surface area contributed by atoms with Crippen LogP contribution in [-0.4, -0.2) is 23.5 Å². The number of thiocarbonyl (C=S) groups is 1. The number of methoxy groups -OCH3 is 1. The quantitative estimate of drug-likeness (QED) is 0.460. The maximum atomic E-state index is 9.33. The van der Waals surface area contributed by atoms with Crippen LogP contribution in [0.1, 0.15) is 5.56 Å². The molecule has 0 aliphatic heterocycles. The molecule has 0 fully saturated rings. The normalized spacial score (nSPS) is 10.3. The molecule has 108 valence electrons. The van der Waals surface area contributed by atoms with Crippen LogP contribution in [0.25, 0.3) is 0 Å². The Morgan fingerprint density at radius 1 is 1.24 bits per heavy atom. The predicted octanol–water partition coefficient (Wildman–Crippen LogP) is 2.72. The van der Waals surface area contributed by atoms with Gasteiger partial charge in [-0.2, -0.15) is 5.10 Å². The fourth-order valence-corrected chi connectivity index (χ4v) is 1.80. The van der Waals surface area contributed by atoms with E-state index in [4.69, 9.17) is 17.0 Å². The van der Waals surface area contributed by atoms with Crippen molar-refractivity contribution in [1.29, 1.82) is 0 Å². The van der Waals surface area contributed by atoms with E-state index in [1.165, 1.54) is 0 Å². The van der Waals surface area contributed by atoms with Gasteiger partial charge < -0.3 is 15.2 Å². The Balaban J connectivity index is 1.90. The molecule has 0 aliphatic carbocycles. The van der Waals surface area contributed by atoms with E-state index in [0.717, 1.165) is 17.0 Å². The number of hydrazone groups is 1. The molecule has 0 atom stereocenters. The second-order valence-corrected chi connectivity index (χ2v) is 4.56. The Bertz CT molecular complexity index is 659. The van der Waals surface area contributed by atoms with Gasteiger partial charge in [-0.25, -0.2) is 0 Å². The van der Waals surface area contributed by atoms with E-state index in [9.17, 15) is 5.11 Å². The van der Waals surface area contributed by atoms with Crippen LogP contribution in [0, 0.1) is 0 Å². The highest BCUT2D eigenvalue weighted by Crippen LogP contribution is 2.16. The summed E-state index contributed by atoms with van der Waals surface area (Å²) in [6, 6.07) is 14.2. The maximum Gasteiger partial charge on any atom is 0.191 e. The minimum atomic E-state index is 0.191. The molecule has 2 rings (SSSR count). The standard InChI is InChI=1S/C15H15N3O2S/c1-20-14-7-3-5-12(9-14)17-15(21)18-16-10-11-4-2-6-13(19)8-11/h2-10,19H,1H3,(H2,17,18,21)/b16-10+. The van der Waals surface area contributed by atoms with Gasteiger partial charge in [0.25, 0.3) is 0 Å². The highest BCUT2D eigenvalue weighted by molar-refractivity contribution is 7.80. The molecular weight excluding hydrogens is 286 g/mol. The molecule has 0 heterocycles. The number of nitrogens with one attached hydrogen (secondary N) is 2. The zero-order chi connectivity index (χ0) is 15.1. The van der Waals surface area contributed by atoms with E-state index < -0.39 is 0 Å². The number of anilines is 1. The summed E-state index contributed by atoms with van der Waals surface area (Å²) < 4.78 is 5.13. The lowest BCUT2D eigenvalue weighted by Crippen LogP contribution is -2.23. The largest absolute Gasteiger partial charge is 0.508 e. The number of ether oxygens (including phenoxy) is 1. The van der Waals surface area contributed by atoms with E-state index >= 15 is 0 Å². The number of hydrogen-bond acceptors (Lipinski definition) is 4. The maximum absolute atomic E-state index is 9.33. The van der Waals surface area contributed by atoms with Crippen molar-refractivity contribution in [2.45, 2.75) is 0 Å². The SMILES string of the molecule is COc1cccc(NC(=S)N/N=C/c2cccc(O)c2)c1. The summed E-state index contributed by atoms with van der Waals surface area (Å²) in [6.07, 6.45) is 1.57. The molecule has 0 unspecified atom stereocenters. The zero-order valence-corrected chi connectivity index (χ0v) is 12.2. The first-order chi connectivity index (χ1) is 10.2. The summed E-state index contributed by atoms with van der Waals surface area (Å²) in [5.41, 5.74) is 4.28. The van der Waals surface area contributed by atoms with Crippen LogP contribution in [-0.2, 0) is 0 Å². The fourth-order valence-electron chi connectivity index (χ4n) is 1.63. The van der Waals surface area contributed by atoms with Gasteiger partial charge in [0, 0.05) is 11.8 Å². The van der Waals surface area contributed by atoms with Crippen LogP contribution in [0.4, 0.5) is 5.69 Å². The van der Waals surface area contributed by atoms with Crippen LogP contribution in [0.2, 0.25) is 0 Å². The topological polar surface area (TPSA) is 65.9 Å². The molecule has 2 aromatic rings. The van der Waals surface area contributed by atoms with Gasteiger partial charge in [-0.05, 0) is 42.0 Å². The van der Waals surface area contributed by atoms with Crippen molar-refractivity contribution in [2.24, 2.45) is 5.10 Å². The molecule has 0 amide bonds. The Morgan fingerprint density at radius 3 is 2.81 bits per heavy atom. The number of nitrogens with zero attached hydrogens (tertiary/aromatic N) is 1. The molecule has 0 radical (unpaired) electrons. The van der Waals surface area contributed by atoms with Crippen molar-refractivity contribution >= 4 is 29.2 Å². The molecule has 21 heavy (non-hydrogen) atoms. The number of phenols is 1. The minimum Gasteiger partial charge on any atom is -0.508 e. The predicted molar refractivity (Wildman–Crippen MR) is 88.1 cm³/mol. The van der Waals surface area contributed by atoms with Crippen molar-refractivity contribution < 1.29 is 9.84 Å². The smallest absolute Gasteiger partial charge is 0.191 e. The summed E-state index contributed by atoms with van der Waals surface area (Å²) in [5, 5.41) is 16.7. The highest BCUT2D eigenvalue weighted by Gasteiger charge is 1.98. The third kappa shape index (κ3) is 4.77. The molecule has 0 saturated heterocycles. The van der Waals surface area contributed by atoms with Gasteiger partial charge in [0.15, 0.2) is 5.11 Å². The molecule has 0 aromatic heterocycles. The minimum absolute atomic E-state index is 0.191. The van der Waals surface area contributed by atoms with Crippen LogP contribution in [0.5, 0.6) is 11.5 Å². The first-order valence-corrected chi connectivity index (χ1v) is 6.61. The average Bonchev–Trinajstić information content (AvgIpc) is 2.47. The first kappa shape index (κ1) is 14.8. The third-order valence-electron chi connectivity index (χ3n) is 2.58. The van der Waals surface area contributed by atoms with Crippen molar-refractivity contribution in [2.75, 3.05) is 12.4 Å². The van der Waals surface area contributed by atoms with Crippen molar-refractivity contribution in [3.05, 3.63) is 54.1 Å². The van der Waals surface area contributed by atoms with Crippen LogP contribution in [0.15, 0.2) is 53.6 Å². The van der Waals surface area contributed by atoms with Gasteiger partial charge in [-0.1, -0.05) is 18.2 Å². The number of aromatic hydroxyl groups is 1. The number of phenolic OH excluding ortho intramolecular Hbond substituents is 1. The lowest BCUT2D eigenvalue weighted by molar-refractivity contribution is 0.415. The number of rotatable bonds is 4. The Morgan fingerprint density at radius 2 is 2.05 bits per heavy atom. The molecular formula is C15H15N3O2S. The molecule has 0 bridgehead atoms. The highest BCUT2D eigenvalue weighted by atomic mass is 32.1. The summed E-state index contributed by atoms with van der Waals surface area (Å²) in [4.78, 5) is 0. The number of benzene rings is 2. The average molecular weight is 301 g/mol. The van der Waals surface area contributed by atoms with E-state index in [1.807, 2.05) is 30.3 Å². The monoisotopic (exact) mass is 301 g/mol. The summed E-state index contributed by atoms with van der Waals surface area (Å²) in [6.45, 7) is 0. The van der Waals surface area contributed by atoms with E-state index in [0.29, 0.717) is 5.11 Å². The Labute approximate surface area is 128 Å². The molecule has 0 saturated carbocycles. The zero-order valence-electron chi connectivity index (χ0n) is 11.4. The first-order valence-electron chi connectivity index (χ1n) is 6.20. The molecule has 5 nitrogen and oxygen atoms in total. The fraction of sp³-hybridized carbons (Fsp3) is 0.0667. The molecule has 0 aliphatic rings. The molecule has 0 spiro atoms. The van der Waals surface area contributed by atoms with Crippen LogP contribution >= 0.6 is 12.2 Å². The van der Waals surface area contributed by atoms with Gasteiger partial charge in [0.1, 0.15) is 11.5 Å². The van der Waals surface area contributed by atoms with Crippen molar-refractivity contribution in [1.82, 2.24) is 5.43 Å². The van der Waals surface area contributed by atoms with Gasteiger partial charge in [0.2, 0.25) is 0 Å². The van der Waals surface area contributed by atoms with E-state index in [-0.39, 0.29) is 5.75 Å². The van der Waals surface area contributed by atoms with E-state index in [1.54, 1.807) is 31.5 Å². The van der Waals surface area contributed by atoms with Crippen molar-refractivity contribution in [3.8, 4) is 11.5 Å². The number of hydrogen-bond donors (Lipinski definition) is 3. The van der Waals surface area contributed by atoms with Gasteiger partial charge in [-0.15, -0.1) is 0 Å². The van der Waals surface area contributed by atoms with Crippen molar-refractivity contribution in [3.63, 3.8) is 0 Å². The van der Waals surface area contributed by atoms with Gasteiger partial charge >= 0.3 is 0 Å². The molecule has 6 heteroatoms. The molecule has 2 aromatic carbocycles. The van der Waals surface area contributed by atoms with E-state index in [2.05, 4.69) is 15.8 Å². The summed E-state index contributed by atoms with van der Waals surface area (Å²) in [5.74, 6) is 0.932. The second kappa shape index (κ2) is 7.25. The van der Waals surface area contributed by atoms with Gasteiger partial charge in [0.05, 0.1) is 13.3 Å². The van der Waals surface area contributed by atoms with Crippen LogP contribution in [0.3, 0.4) is 0 Å². The Kier molecular flexibility index (Phi) is 5.11. The Hall–Kier alpha value is -2.60. The summed E-state index contributed by atoms with van der Waals surface area (Å²) in [7, 11) is 1.61.